The van der Waals surface area contributed by atoms with Gasteiger partial charge < -0.3 is 10.2 Å². The molecule has 0 aliphatic carbocycles. The first kappa shape index (κ1) is 15.9. The molecule has 0 atom stereocenters. The third kappa shape index (κ3) is 5.68. The molecule has 1 rings (SSSR count). The van der Waals surface area contributed by atoms with Crippen molar-refractivity contribution in [2.75, 3.05) is 39.3 Å². The van der Waals surface area contributed by atoms with E-state index in [1.165, 1.54) is 32.7 Å². The largest absolute Gasteiger partial charge is 0.314 e. The third-order valence-electron chi connectivity index (χ3n) is 3.78. The minimum Gasteiger partial charge on any atom is -0.314 e. The predicted molar refractivity (Wildman–Crippen MR) is 80.1 cm³/mol. The van der Waals surface area contributed by atoms with E-state index < -0.39 is 0 Å². The Morgan fingerprint density at radius 1 is 1.00 bits per heavy atom. The molecule has 18 heavy (non-hydrogen) atoms. The molecule has 1 aliphatic rings. The minimum absolute atomic E-state index is 0.365. The average molecular weight is 255 g/mol. The summed E-state index contributed by atoms with van der Waals surface area (Å²) in [5.41, 5.74) is 0.365. The lowest BCUT2D eigenvalue weighted by atomic mass is 9.92. The van der Waals surface area contributed by atoms with Gasteiger partial charge in [-0.2, -0.15) is 0 Å². The Labute approximate surface area is 114 Å². The number of hydrogen-bond donors (Lipinski definition) is 1. The van der Waals surface area contributed by atoms with Crippen molar-refractivity contribution in [3.8, 4) is 0 Å². The minimum atomic E-state index is 0.365. The molecule has 0 bridgehead atoms. The van der Waals surface area contributed by atoms with Crippen LogP contribution in [0.5, 0.6) is 0 Å². The van der Waals surface area contributed by atoms with Crippen LogP contribution in [0.4, 0.5) is 0 Å². The summed E-state index contributed by atoms with van der Waals surface area (Å²) in [6.45, 7) is 21.0. The van der Waals surface area contributed by atoms with E-state index in [1.807, 2.05) is 0 Å². The normalized spacial score (nSPS) is 20.0. The van der Waals surface area contributed by atoms with Crippen molar-refractivity contribution in [1.29, 1.82) is 0 Å². The molecule has 0 spiro atoms. The van der Waals surface area contributed by atoms with Gasteiger partial charge in [0, 0.05) is 51.4 Å². The molecular weight excluding hydrogens is 222 g/mol. The van der Waals surface area contributed by atoms with E-state index in [1.54, 1.807) is 0 Å². The Bertz CT molecular complexity index is 228. The number of hydrogen-bond acceptors (Lipinski definition) is 3. The summed E-state index contributed by atoms with van der Waals surface area (Å²) in [6.07, 6.45) is 0. The van der Waals surface area contributed by atoms with Gasteiger partial charge in [0.1, 0.15) is 0 Å². The lowest BCUT2D eigenvalue weighted by Gasteiger charge is -2.40. The summed E-state index contributed by atoms with van der Waals surface area (Å²) in [5.74, 6) is 0. The van der Waals surface area contributed by atoms with Crippen LogP contribution >= 0.6 is 0 Å². The highest BCUT2D eigenvalue weighted by atomic mass is 15.3. The first-order chi connectivity index (χ1) is 8.30. The molecular formula is C15H33N3. The van der Waals surface area contributed by atoms with E-state index in [0.29, 0.717) is 17.5 Å². The second-order valence-electron chi connectivity index (χ2n) is 7.11. The Morgan fingerprint density at radius 3 is 2.00 bits per heavy atom. The van der Waals surface area contributed by atoms with Crippen molar-refractivity contribution in [3.05, 3.63) is 0 Å². The SMILES string of the molecule is CC(C)NCC(C)(C)CN1CCN(C(C)C)CC1. The number of piperazine rings is 1. The molecule has 1 aliphatic heterocycles. The summed E-state index contributed by atoms with van der Waals surface area (Å²) < 4.78 is 0. The van der Waals surface area contributed by atoms with Crippen LogP contribution in [0, 0.1) is 5.41 Å². The van der Waals surface area contributed by atoms with Gasteiger partial charge in [0.2, 0.25) is 0 Å². The van der Waals surface area contributed by atoms with Gasteiger partial charge in [-0.15, -0.1) is 0 Å². The Morgan fingerprint density at radius 2 is 1.56 bits per heavy atom. The van der Waals surface area contributed by atoms with Gasteiger partial charge in [0.25, 0.3) is 0 Å². The van der Waals surface area contributed by atoms with Gasteiger partial charge in [-0.1, -0.05) is 27.7 Å². The summed E-state index contributed by atoms with van der Waals surface area (Å²) >= 11 is 0. The van der Waals surface area contributed by atoms with E-state index in [4.69, 9.17) is 0 Å². The maximum absolute atomic E-state index is 3.57. The van der Waals surface area contributed by atoms with E-state index in [0.717, 1.165) is 6.54 Å². The molecule has 3 nitrogen and oxygen atoms in total. The van der Waals surface area contributed by atoms with Crippen LogP contribution in [0.25, 0.3) is 0 Å². The zero-order valence-electron chi connectivity index (χ0n) is 13.3. The van der Waals surface area contributed by atoms with Crippen LogP contribution in [0.2, 0.25) is 0 Å². The molecule has 0 unspecified atom stereocenters. The molecule has 1 saturated heterocycles. The van der Waals surface area contributed by atoms with Crippen molar-refractivity contribution >= 4 is 0 Å². The van der Waals surface area contributed by atoms with Crippen LogP contribution < -0.4 is 5.32 Å². The van der Waals surface area contributed by atoms with Crippen molar-refractivity contribution in [1.82, 2.24) is 15.1 Å². The summed E-state index contributed by atoms with van der Waals surface area (Å²) in [4.78, 5) is 5.21. The van der Waals surface area contributed by atoms with E-state index in [9.17, 15) is 0 Å². The Kier molecular flexibility index (Phi) is 6.09. The smallest absolute Gasteiger partial charge is 0.0113 e. The van der Waals surface area contributed by atoms with Gasteiger partial charge in [-0.25, -0.2) is 0 Å². The van der Waals surface area contributed by atoms with E-state index in [2.05, 4.69) is 56.7 Å². The standard InChI is InChI=1S/C15H33N3/c1-13(2)16-11-15(5,6)12-17-7-9-18(10-8-17)14(3)4/h13-14,16H,7-12H2,1-6H3. The molecule has 0 amide bonds. The second kappa shape index (κ2) is 6.88. The molecule has 0 aromatic carbocycles. The van der Waals surface area contributed by atoms with Crippen LogP contribution in [0.3, 0.4) is 0 Å². The molecule has 0 aromatic heterocycles. The molecule has 1 fully saturated rings. The van der Waals surface area contributed by atoms with E-state index in [-0.39, 0.29) is 0 Å². The fraction of sp³-hybridized carbons (Fsp3) is 1.00. The first-order valence-electron chi connectivity index (χ1n) is 7.50. The van der Waals surface area contributed by atoms with Gasteiger partial charge in [0.15, 0.2) is 0 Å². The van der Waals surface area contributed by atoms with Crippen molar-refractivity contribution in [3.63, 3.8) is 0 Å². The average Bonchev–Trinajstić information content (AvgIpc) is 2.27. The van der Waals surface area contributed by atoms with Crippen LogP contribution in [0.1, 0.15) is 41.5 Å². The molecule has 1 heterocycles. The fourth-order valence-electron chi connectivity index (χ4n) is 2.58. The molecule has 3 heteroatoms. The van der Waals surface area contributed by atoms with Crippen molar-refractivity contribution < 1.29 is 0 Å². The molecule has 0 radical (unpaired) electrons. The highest BCUT2D eigenvalue weighted by molar-refractivity contribution is 4.81. The lowest BCUT2D eigenvalue weighted by molar-refractivity contribution is 0.0796. The predicted octanol–water partition coefficient (Wildman–Crippen LogP) is 2.04. The van der Waals surface area contributed by atoms with Gasteiger partial charge >= 0.3 is 0 Å². The lowest BCUT2D eigenvalue weighted by Crippen LogP contribution is -2.52. The molecule has 0 saturated carbocycles. The molecule has 108 valence electrons. The second-order valence-corrected chi connectivity index (χ2v) is 7.11. The topological polar surface area (TPSA) is 18.5 Å². The molecule has 0 aromatic rings. The van der Waals surface area contributed by atoms with Crippen LogP contribution in [-0.2, 0) is 0 Å². The number of rotatable bonds is 6. The van der Waals surface area contributed by atoms with Gasteiger partial charge in [0.05, 0.1) is 0 Å². The Balaban J connectivity index is 2.31. The third-order valence-corrected chi connectivity index (χ3v) is 3.78. The monoisotopic (exact) mass is 255 g/mol. The molecule has 1 N–H and O–H groups in total. The quantitative estimate of drug-likeness (QED) is 0.783. The summed E-state index contributed by atoms with van der Waals surface area (Å²) in [6, 6.07) is 1.28. The maximum Gasteiger partial charge on any atom is 0.0113 e. The highest BCUT2D eigenvalue weighted by Gasteiger charge is 2.25. The summed E-state index contributed by atoms with van der Waals surface area (Å²) in [5, 5.41) is 3.57. The zero-order valence-corrected chi connectivity index (χ0v) is 13.3. The summed E-state index contributed by atoms with van der Waals surface area (Å²) in [7, 11) is 0. The van der Waals surface area contributed by atoms with Gasteiger partial charge in [-0.3, -0.25) is 4.90 Å². The van der Waals surface area contributed by atoms with E-state index >= 15 is 0 Å². The Hall–Kier alpha value is -0.120. The zero-order chi connectivity index (χ0) is 13.8. The number of nitrogens with zero attached hydrogens (tertiary/aromatic N) is 2. The first-order valence-corrected chi connectivity index (χ1v) is 7.50. The fourth-order valence-corrected chi connectivity index (χ4v) is 2.58. The maximum atomic E-state index is 3.57. The van der Waals surface area contributed by atoms with Crippen molar-refractivity contribution in [2.45, 2.75) is 53.6 Å². The van der Waals surface area contributed by atoms with Crippen molar-refractivity contribution in [2.24, 2.45) is 5.41 Å². The van der Waals surface area contributed by atoms with Gasteiger partial charge in [-0.05, 0) is 19.3 Å². The highest BCUT2D eigenvalue weighted by Crippen LogP contribution is 2.18. The van der Waals surface area contributed by atoms with Crippen LogP contribution in [-0.4, -0.2) is 61.2 Å². The number of nitrogens with one attached hydrogen (secondary N) is 1. The van der Waals surface area contributed by atoms with Crippen LogP contribution in [0.15, 0.2) is 0 Å².